The van der Waals surface area contributed by atoms with Gasteiger partial charge in [0.1, 0.15) is 17.7 Å². The summed E-state index contributed by atoms with van der Waals surface area (Å²) in [4.78, 5) is 2.25. The summed E-state index contributed by atoms with van der Waals surface area (Å²) in [6.07, 6.45) is 12.0. The topological polar surface area (TPSA) is 91.3 Å². The Morgan fingerprint density at radius 2 is 1.05 bits per heavy atom. The minimum absolute atomic E-state index is 0.0347. The third kappa shape index (κ3) is 9.15. The Bertz CT molecular complexity index is 2530. The van der Waals surface area contributed by atoms with Crippen molar-refractivity contribution in [3.63, 3.8) is 0 Å². The fraction of sp³-hybridized carbons (Fsp3) is 0.132. The average molecular weight is 756 g/mol. The molecule has 284 valence electrons. The Morgan fingerprint density at radius 1 is 0.586 bits per heavy atom. The fourth-order valence-electron chi connectivity index (χ4n) is 7.60. The van der Waals surface area contributed by atoms with Gasteiger partial charge in [0.05, 0.1) is 13.2 Å². The van der Waals surface area contributed by atoms with Crippen molar-refractivity contribution in [2.75, 3.05) is 4.90 Å². The Morgan fingerprint density at radius 3 is 1.52 bits per heavy atom. The second-order valence-corrected chi connectivity index (χ2v) is 15.4. The highest BCUT2D eigenvalue weighted by Crippen LogP contribution is 2.41. The second kappa shape index (κ2) is 17.8. The molecule has 1 aliphatic rings. The summed E-state index contributed by atoms with van der Waals surface area (Å²) in [5, 5.41) is 39.0. The van der Waals surface area contributed by atoms with Gasteiger partial charge >= 0.3 is 0 Å². The smallest absolute Gasteiger partial charge is 0.132 e. The van der Waals surface area contributed by atoms with E-state index in [4.69, 9.17) is 0 Å². The van der Waals surface area contributed by atoms with Gasteiger partial charge in [0, 0.05) is 17.1 Å². The monoisotopic (exact) mass is 755 g/mol. The number of aliphatic hydroxyl groups is 2. The molecule has 2 N–H and O–H groups in total. The van der Waals surface area contributed by atoms with Gasteiger partial charge in [-0.05, 0) is 128 Å². The maximum absolute atomic E-state index is 9.82. The number of para-hydroxylation sites is 2. The lowest BCUT2D eigenvalue weighted by atomic mass is 9.74. The number of anilines is 3. The van der Waals surface area contributed by atoms with Crippen molar-refractivity contribution in [3.05, 3.63) is 202 Å². The molecule has 0 saturated carbocycles. The molecule has 58 heavy (non-hydrogen) atoms. The number of rotatable bonds is 11. The van der Waals surface area contributed by atoms with Gasteiger partial charge in [-0.2, -0.15) is 10.5 Å². The standard InChI is InChI=1S/C53H45N3O2/c1-53(2)32-41(29-46(33-53)47(34-54)35-55)18-26-45-31-51(42-21-14-39(36-57)15-22-42)44(30-52(45)43-23-16-40(37-58)17-24-43)25-13-38-19-27-50(28-20-38)56(48-9-5-3-6-10-48)49-11-7-4-8-12-49/h3-31,57-58H,32-33,36-37H2,1-2H3/b25-13+,26-18+. The molecule has 0 spiro atoms. The van der Waals surface area contributed by atoms with Crippen LogP contribution in [0.5, 0.6) is 0 Å². The first-order valence-electron chi connectivity index (χ1n) is 19.5. The molecule has 0 amide bonds. The number of hydrogen-bond donors (Lipinski definition) is 2. The van der Waals surface area contributed by atoms with E-state index in [0.717, 1.165) is 84.7 Å². The van der Waals surface area contributed by atoms with E-state index in [-0.39, 0.29) is 24.2 Å². The van der Waals surface area contributed by atoms with Gasteiger partial charge in [0.2, 0.25) is 0 Å². The molecule has 0 aromatic heterocycles. The van der Waals surface area contributed by atoms with Crippen LogP contribution >= 0.6 is 0 Å². The maximum atomic E-state index is 9.82. The molecular weight excluding hydrogens is 711 g/mol. The zero-order valence-electron chi connectivity index (χ0n) is 32.8. The summed E-state index contributed by atoms with van der Waals surface area (Å²) in [6, 6.07) is 53.9. The number of hydrogen-bond acceptors (Lipinski definition) is 5. The van der Waals surface area contributed by atoms with Crippen molar-refractivity contribution in [1.82, 2.24) is 0 Å². The Labute approximate surface area is 341 Å². The highest BCUT2D eigenvalue weighted by Gasteiger charge is 2.26. The van der Waals surface area contributed by atoms with Crippen molar-refractivity contribution in [1.29, 1.82) is 10.5 Å². The summed E-state index contributed by atoms with van der Waals surface area (Å²) in [6.45, 7) is 4.26. The van der Waals surface area contributed by atoms with Crippen molar-refractivity contribution in [2.45, 2.75) is 39.9 Å². The van der Waals surface area contributed by atoms with E-state index < -0.39 is 0 Å². The molecule has 0 atom stereocenters. The summed E-state index contributed by atoms with van der Waals surface area (Å²) in [5.41, 5.74) is 13.9. The highest BCUT2D eigenvalue weighted by atomic mass is 16.3. The number of aliphatic hydroxyl groups excluding tert-OH is 2. The van der Waals surface area contributed by atoms with Gasteiger partial charge in [-0.3, -0.25) is 0 Å². The summed E-state index contributed by atoms with van der Waals surface area (Å²) in [7, 11) is 0. The molecule has 6 aromatic rings. The van der Waals surface area contributed by atoms with Crippen LogP contribution in [0, 0.1) is 28.1 Å². The van der Waals surface area contributed by atoms with Gasteiger partial charge in [0.15, 0.2) is 0 Å². The molecule has 0 bridgehead atoms. The Kier molecular flexibility index (Phi) is 12.1. The molecule has 0 radical (unpaired) electrons. The zero-order chi connectivity index (χ0) is 40.5. The summed E-state index contributed by atoms with van der Waals surface area (Å²) in [5.74, 6) is 0. The van der Waals surface area contributed by atoms with Crippen LogP contribution in [-0.4, -0.2) is 10.2 Å². The van der Waals surface area contributed by atoms with E-state index in [1.54, 1.807) is 0 Å². The first-order chi connectivity index (χ1) is 28.3. The molecule has 5 nitrogen and oxygen atoms in total. The van der Waals surface area contributed by atoms with Gasteiger partial charge in [-0.1, -0.05) is 141 Å². The minimum Gasteiger partial charge on any atom is -0.392 e. The SMILES string of the molecule is CC1(C)CC(/C=C/c2cc(-c3ccc(CO)cc3)c(/C=C/c3ccc(N(c4ccccc4)c4ccccc4)cc3)cc2-c2ccc(CO)cc2)=CC(=C(C#N)C#N)C1. The molecule has 0 aliphatic heterocycles. The predicted molar refractivity (Wildman–Crippen MR) is 238 cm³/mol. The second-order valence-electron chi connectivity index (χ2n) is 15.4. The van der Waals surface area contributed by atoms with Crippen molar-refractivity contribution in [2.24, 2.45) is 5.41 Å². The maximum Gasteiger partial charge on any atom is 0.132 e. The molecule has 0 heterocycles. The summed E-state index contributed by atoms with van der Waals surface area (Å²) >= 11 is 0. The van der Waals surface area contributed by atoms with Crippen LogP contribution in [0.3, 0.4) is 0 Å². The largest absolute Gasteiger partial charge is 0.392 e. The van der Waals surface area contributed by atoms with E-state index in [1.165, 1.54) is 0 Å². The predicted octanol–water partition coefficient (Wildman–Crippen LogP) is 12.7. The van der Waals surface area contributed by atoms with Gasteiger partial charge in [-0.15, -0.1) is 0 Å². The van der Waals surface area contributed by atoms with E-state index in [0.29, 0.717) is 6.42 Å². The quantitative estimate of drug-likeness (QED) is 0.101. The van der Waals surface area contributed by atoms with Crippen LogP contribution in [0.4, 0.5) is 17.1 Å². The first-order valence-corrected chi connectivity index (χ1v) is 19.5. The molecular formula is C53H45N3O2. The third-order valence-electron chi connectivity index (χ3n) is 10.5. The molecule has 0 fully saturated rings. The van der Waals surface area contributed by atoms with E-state index in [9.17, 15) is 20.7 Å². The Balaban J connectivity index is 1.33. The molecule has 0 saturated heterocycles. The van der Waals surface area contributed by atoms with Gasteiger partial charge < -0.3 is 15.1 Å². The molecule has 1 aliphatic carbocycles. The lowest BCUT2D eigenvalue weighted by Gasteiger charge is -2.30. The normalized spacial score (nSPS) is 13.6. The van der Waals surface area contributed by atoms with E-state index in [2.05, 4.69) is 140 Å². The number of allylic oxidation sites excluding steroid dienone is 5. The van der Waals surface area contributed by atoms with Crippen LogP contribution in [0.15, 0.2) is 174 Å². The molecule has 7 rings (SSSR count). The van der Waals surface area contributed by atoms with Gasteiger partial charge in [-0.25, -0.2) is 0 Å². The highest BCUT2D eigenvalue weighted by molar-refractivity contribution is 5.89. The van der Waals surface area contributed by atoms with E-state index >= 15 is 0 Å². The third-order valence-corrected chi connectivity index (χ3v) is 10.5. The minimum atomic E-state index is -0.112. The lowest BCUT2D eigenvalue weighted by molar-refractivity contribution is 0.281. The van der Waals surface area contributed by atoms with Crippen molar-refractivity contribution in [3.8, 4) is 34.4 Å². The Hall–Kier alpha value is -7.02. The molecule has 0 unspecified atom stereocenters. The van der Waals surface area contributed by atoms with Crippen molar-refractivity contribution >= 4 is 35.3 Å². The number of nitriles is 2. The van der Waals surface area contributed by atoms with Crippen LogP contribution in [0.2, 0.25) is 0 Å². The fourth-order valence-corrected chi connectivity index (χ4v) is 7.60. The van der Waals surface area contributed by atoms with Crippen LogP contribution in [0.25, 0.3) is 40.5 Å². The van der Waals surface area contributed by atoms with Gasteiger partial charge in [0.25, 0.3) is 0 Å². The number of nitrogens with zero attached hydrogens (tertiary/aromatic N) is 3. The summed E-state index contributed by atoms with van der Waals surface area (Å²) < 4.78 is 0. The molecule has 5 heteroatoms. The van der Waals surface area contributed by atoms with Crippen LogP contribution in [0.1, 0.15) is 54.5 Å². The lowest BCUT2D eigenvalue weighted by Crippen LogP contribution is -2.17. The number of benzene rings is 6. The van der Waals surface area contributed by atoms with Crippen LogP contribution < -0.4 is 4.90 Å². The zero-order valence-corrected chi connectivity index (χ0v) is 32.8. The average Bonchev–Trinajstić information content (AvgIpc) is 3.26. The molecule has 6 aromatic carbocycles. The van der Waals surface area contributed by atoms with Crippen LogP contribution in [-0.2, 0) is 13.2 Å². The first kappa shape index (κ1) is 39.2. The van der Waals surface area contributed by atoms with Crippen molar-refractivity contribution < 1.29 is 10.2 Å². The van der Waals surface area contributed by atoms with E-state index in [1.807, 2.05) is 66.7 Å².